The Labute approximate surface area is 269 Å². The summed E-state index contributed by atoms with van der Waals surface area (Å²) in [7, 11) is -4.60. The van der Waals surface area contributed by atoms with Gasteiger partial charge in [-0.15, -0.1) is 0 Å². The third kappa shape index (κ3) is 8.59. The van der Waals surface area contributed by atoms with Gasteiger partial charge in [-0.25, -0.2) is 8.42 Å². The highest BCUT2D eigenvalue weighted by molar-refractivity contribution is 7.92. The summed E-state index contributed by atoms with van der Waals surface area (Å²) in [5.74, 6) is -1.36. The van der Waals surface area contributed by atoms with E-state index in [2.05, 4.69) is 5.32 Å². The second-order valence-electron chi connectivity index (χ2n) is 10.3. The van der Waals surface area contributed by atoms with Crippen LogP contribution in [0.1, 0.15) is 43.9 Å². The fraction of sp³-hybridized carbons (Fsp3) is 0.333. The largest absolute Gasteiger partial charge is 0.417 e. The number of nitrogens with one attached hydrogen (secondary N) is 1. The predicted molar refractivity (Wildman–Crippen MR) is 167 cm³/mol. The molecule has 0 aliphatic heterocycles. The molecule has 7 nitrogen and oxygen atoms in total. The third-order valence-electron chi connectivity index (χ3n) is 6.60. The summed E-state index contributed by atoms with van der Waals surface area (Å²) < 4.78 is 69.9. The van der Waals surface area contributed by atoms with Gasteiger partial charge in [-0.1, -0.05) is 65.5 Å². The van der Waals surface area contributed by atoms with E-state index < -0.39 is 56.9 Å². The van der Waals surface area contributed by atoms with Gasteiger partial charge >= 0.3 is 6.18 Å². The first-order chi connectivity index (χ1) is 20.4. The molecule has 3 rings (SSSR count). The molecule has 0 spiro atoms. The van der Waals surface area contributed by atoms with E-state index in [0.29, 0.717) is 21.0 Å². The topological polar surface area (TPSA) is 86.8 Å². The minimum absolute atomic E-state index is 0.138. The molecule has 14 heteroatoms. The molecule has 0 saturated heterocycles. The molecule has 0 fully saturated rings. The van der Waals surface area contributed by atoms with Crippen LogP contribution < -0.4 is 9.62 Å². The Kier molecular flexibility index (Phi) is 11.6. The maximum Gasteiger partial charge on any atom is 0.417 e. The lowest BCUT2D eigenvalue weighted by atomic mass is 10.1. The normalized spacial score (nSPS) is 12.6. The maximum atomic E-state index is 14.1. The van der Waals surface area contributed by atoms with Crippen molar-refractivity contribution in [2.75, 3.05) is 10.8 Å². The van der Waals surface area contributed by atoms with Gasteiger partial charge in [0.1, 0.15) is 12.6 Å². The highest BCUT2D eigenvalue weighted by atomic mass is 35.5. The minimum Gasteiger partial charge on any atom is -0.352 e. The van der Waals surface area contributed by atoms with Crippen molar-refractivity contribution in [3.63, 3.8) is 0 Å². The molecule has 0 bridgehead atoms. The summed E-state index contributed by atoms with van der Waals surface area (Å²) >= 11 is 18.2. The van der Waals surface area contributed by atoms with E-state index in [-0.39, 0.29) is 28.9 Å². The van der Waals surface area contributed by atoms with Crippen LogP contribution in [0.15, 0.2) is 65.6 Å². The number of anilines is 1. The first-order valence-electron chi connectivity index (χ1n) is 13.5. The summed E-state index contributed by atoms with van der Waals surface area (Å²) in [6, 6.07) is 11.4. The standard InChI is InChI=1S/C30H31Cl3F3N3O4S/c1-5-27(29(41)37-18(2)3)38(16-20-8-9-21(31)14-26(20)33)28(40)17-39(44(42,43)23-11-6-19(4)7-12-23)22-10-13-25(32)24(15-22)30(34,35)36/h6-15,18,27H,5,16-17H2,1-4H3,(H,37,41). The molecule has 0 saturated carbocycles. The van der Waals surface area contributed by atoms with Gasteiger partial charge < -0.3 is 10.2 Å². The maximum absolute atomic E-state index is 14.1. The van der Waals surface area contributed by atoms with Crippen molar-refractivity contribution in [1.29, 1.82) is 0 Å². The zero-order valence-corrected chi connectivity index (χ0v) is 27.3. The summed E-state index contributed by atoms with van der Waals surface area (Å²) in [5, 5.41) is 2.65. The number of carbonyl (C=O) groups excluding carboxylic acids is 2. The number of alkyl halides is 3. The molecule has 1 atom stereocenters. The quantitative estimate of drug-likeness (QED) is 0.226. The van der Waals surface area contributed by atoms with E-state index in [1.165, 1.54) is 30.3 Å². The number of hydrogen-bond acceptors (Lipinski definition) is 4. The molecule has 1 unspecified atom stereocenters. The van der Waals surface area contributed by atoms with Crippen molar-refractivity contribution in [2.24, 2.45) is 0 Å². The Morgan fingerprint density at radius 3 is 2.11 bits per heavy atom. The molecule has 3 aromatic rings. The van der Waals surface area contributed by atoms with Crippen LogP contribution in [-0.2, 0) is 32.3 Å². The molecular weight excluding hydrogens is 662 g/mol. The van der Waals surface area contributed by atoms with E-state index in [1.807, 2.05) is 0 Å². The van der Waals surface area contributed by atoms with Gasteiger partial charge in [0.25, 0.3) is 10.0 Å². The summed E-state index contributed by atoms with van der Waals surface area (Å²) in [5.41, 5.74) is -0.565. The van der Waals surface area contributed by atoms with Crippen LogP contribution in [0.3, 0.4) is 0 Å². The Hall–Kier alpha value is -2.99. The number of nitrogens with zero attached hydrogens (tertiary/aromatic N) is 2. The number of aryl methyl sites for hydroxylation is 1. The Morgan fingerprint density at radius 2 is 1.57 bits per heavy atom. The highest BCUT2D eigenvalue weighted by Gasteiger charge is 2.37. The molecule has 44 heavy (non-hydrogen) atoms. The molecule has 0 aromatic heterocycles. The lowest BCUT2D eigenvalue weighted by Crippen LogP contribution is -2.53. The molecule has 0 aliphatic carbocycles. The number of rotatable bonds is 11. The van der Waals surface area contributed by atoms with Crippen molar-refractivity contribution >= 4 is 62.3 Å². The zero-order chi connectivity index (χ0) is 33.0. The van der Waals surface area contributed by atoms with Crippen molar-refractivity contribution < 1.29 is 31.2 Å². The predicted octanol–water partition coefficient (Wildman–Crippen LogP) is 7.50. The molecule has 2 amide bonds. The van der Waals surface area contributed by atoms with Crippen molar-refractivity contribution in [2.45, 2.75) is 63.8 Å². The van der Waals surface area contributed by atoms with E-state index >= 15 is 0 Å². The molecule has 0 heterocycles. The number of halogens is 6. The third-order valence-corrected chi connectivity index (χ3v) is 9.31. The fourth-order valence-electron chi connectivity index (χ4n) is 4.39. The summed E-state index contributed by atoms with van der Waals surface area (Å²) in [4.78, 5) is 28.2. The minimum atomic E-state index is -4.91. The first kappa shape index (κ1) is 35.5. The monoisotopic (exact) mass is 691 g/mol. The van der Waals surface area contributed by atoms with E-state index in [9.17, 15) is 31.2 Å². The lowest BCUT2D eigenvalue weighted by molar-refractivity contribution is -0.140. The highest BCUT2D eigenvalue weighted by Crippen LogP contribution is 2.38. The van der Waals surface area contributed by atoms with Crippen molar-refractivity contribution in [1.82, 2.24) is 10.2 Å². The average molecular weight is 693 g/mol. The van der Waals surface area contributed by atoms with E-state index in [4.69, 9.17) is 34.8 Å². The number of carbonyl (C=O) groups is 2. The van der Waals surface area contributed by atoms with Gasteiger partial charge in [0, 0.05) is 22.6 Å². The number of sulfonamides is 1. The smallest absolute Gasteiger partial charge is 0.352 e. The second kappa shape index (κ2) is 14.4. The van der Waals surface area contributed by atoms with Gasteiger partial charge in [0.05, 0.1) is 21.2 Å². The Bertz CT molecular complexity index is 1620. The Balaban J connectivity index is 2.18. The number of amides is 2. The zero-order valence-electron chi connectivity index (χ0n) is 24.3. The molecule has 238 valence electrons. The van der Waals surface area contributed by atoms with Crippen molar-refractivity contribution in [3.8, 4) is 0 Å². The number of hydrogen-bond donors (Lipinski definition) is 1. The van der Waals surface area contributed by atoms with E-state index in [0.717, 1.165) is 22.6 Å². The lowest BCUT2D eigenvalue weighted by Gasteiger charge is -2.34. The average Bonchev–Trinajstić information content (AvgIpc) is 2.92. The van der Waals surface area contributed by atoms with Crippen LogP contribution in [0.4, 0.5) is 18.9 Å². The van der Waals surface area contributed by atoms with Crippen LogP contribution in [0, 0.1) is 6.92 Å². The van der Waals surface area contributed by atoms with Crippen LogP contribution in [0.5, 0.6) is 0 Å². The van der Waals surface area contributed by atoms with Gasteiger partial charge in [-0.3, -0.25) is 13.9 Å². The van der Waals surface area contributed by atoms with Gasteiger partial charge in [-0.2, -0.15) is 13.2 Å². The summed E-state index contributed by atoms with van der Waals surface area (Å²) in [6.45, 7) is 5.73. The molecule has 0 radical (unpaired) electrons. The van der Waals surface area contributed by atoms with E-state index in [1.54, 1.807) is 39.8 Å². The van der Waals surface area contributed by atoms with Gasteiger partial charge in [-0.05, 0) is 75.2 Å². The van der Waals surface area contributed by atoms with Gasteiger partial charge in [0.15, 0.2) is 0 Å². The van der Waals surface area contributed by atoms with Crippen LogP contribution in [0.2, 0.25) is 15.1 Å². The number of benzene rings is 3. The Morgan fingerprint density at radius 1 is 0.932 bits per heavy atom. The molecule has 3 aromatic carbocycles. The molecule has 0 aliphatic rings. The van der Waals surface area contributed by atoms with Crippen LogP contribution in [0.25, 0.3) is 0 Å². The first-order valence-corrected chi connectivity index (χ1v) is 16.0. The van der Waals surface area contributed by atoms with Crippen LogP contribution >= 0.6 is 34.8 Å². The second-order valence-corrected chi connectivity index (χ2v) is 13.4. The van der Waals surface area contributed by atoms with Crippen molar-refractivity contribution in [3.05, 3.63) is 92.4 Å². The fourth-order valence-corrected chi connectivity index (χ4v) is 6.48. The summed E-state index contributed by atoms with van der Waals surface area (Å²) in [6.07, 6.45) is -4.77. The van der Waals surface area contributed by atoms with Crippen LogP contribution in [-0.4, -0.2) is 43.8 Å². The van der Waals surface area contributed by atoms with Gasteiger partial charge in [0.2, 0.25) is 11.8 Å². The molecular formula is C30H31Cl3F3N3O4S. The molecule has 1 N–H and O–H groups in total. The SMILES string of the molecule is CCC(C(=O)NC(C)C)N(Cc1ccc(Cl)cc1Cl)C(=O)CN(c1ccc(Cl)c(C(F)(F)F)c1)S(=O)(=O)c1ccc(C)cc1.